The van der Waals surface area contributed by atoms with Gasteiger partial charge in [-0.2, -0.15) is 0 Å². The number of hydrogen-bond acceptors (Lipinski definition) is 4. The van der Waals surface area contributed by atoms with E-state index in [9.17, 15) is 0 Å². The molecule has 0 aromatic heterocycles. The highest BCUT2D eigenvalue weighted by atomic mass is 79.9. The van der Waals surface area contributed by atoms with Gasteiger partial charge in [0, 0.05) is 50.6 Å². The van der Waals surface area contributed by atoms with Crippen LogP contribution in [0.5, 0.6) is 0 Å². The number of likely N-dealkylation sites (N-methyl/N-ethyl adjacent to an activating group) is 1. The number of ether oxygens (including phenoxy) is 2. The molecule has 0 aliphatic rings. The standard InChI is InChI=1S/C15H25BrN2O2/c1-4-18(8-10-20-3)15-6-5-14(16)11-13(15)12-17-7-9-19-2/h5-6,11,17H,4,7-10,12H2,1-3H3. The van der Waals surface area contributed by atoms with Crippen LogP contribution in [0.25, 0.3) is 0 Å². The van der Waals surface area contributed by atoms with Crippen LogP contribution in [0.2, 0.25) is 0 Å². The molecule has 0 atom stereocenters. The average molecular weight is 345 g/mol. The first kappa shape index (κ1) is 17.4. The van der Waals surface area contributed by atoms with Crippen LogP contribution >= 0.6 is 15.9 Å². The molecule has 0 fully saturated rings. The summed E-state index contributed by atoms with van der Waals surface area (Å²) in [5, 5.41) is 3.40. The first-order valence-corrected chi connectivity index (χ1v) is 7.74. The molecule has 5 heteroatoms. The van der Waals surface area contributed by atoms with Crippen molar-refractivity contribution in [3.63, 3.8) is 0 Å². The molecule has 1 aromatic rings. The molecule has 1 rings (SSSR count). The van der Waals surface area contributed by atoms with E-state index in [0.717, 1.165) is 43.9 Å². The molecule has 0 aliphatic carbocycles. The van der Waals surface area contributed by atoms with Crippen molar-refractivity contribution in [2.75, 3.05) is 52.0 Å². The highest BCUT2D eigenvalue weighted by Crippen LogP contribution is 2.24. The van der Waals surface area contributed by atoms with Gasteiger partial charge in [0.2, 0.25) is 0 Å². The van der Waals surface area contributed by atoms with Crippen molar-refractivity contribution in [3.8, 4) is 0 Å². The van der Waals surface area contributed by atoms with Crippen LogP contribution in [0.1, 0.15) is 12.5 Å². The summed E-state index contributed by atoms with van der Waals surface area (Å²) in [5.74, 6) is 0. The fourth-order valence-corrected chi connectivity index (χ4v) is 2.46. The maximum atomic E-state index is 5.19. The number of rotatable bonds is 10. The van der Waals surface area contributed by atoms with Crippen molar-refractivity contribution < 1.29 is 9.47 Å². The minimum atomic E-state index is 0.727. The molecule has 0 spiro atoms. The zero-order valence-electron chi connectivity index (χ0n) is 12.6. The third-order valence-corrected chi connectivity index (χ3v) is 3.62. The van der Waals surface area contributed by atoms with E-state index in [2.05, 4.69) is 51.3 Å². The summed E-state index contributed by atoms with van der Waals surface area (Å²) in [6, 6.07) is 6.42. The summed E-state index contributed by atoms with van der Waals surface area (Å²) in [6.45, 7) is 7.19. The van der Waals surface area contributed by atoms with Crippen LogP contribution in [0.15, 0.2) is 22.7 Å². The molecule has 0 heterocycles. The normalized spacial score (nSPS) is 10.8. The molecule has 1 N–H and O–H groups in total. The Morgan fingerprint density at radius 2 is 1.95 bits per heavy atom. The monoisotopic (exact) mass is 344 g/mol. The number of hydrogen-bond donors (Lipinski definition) is 1. The molecular weight excluding hydrogens is 320 g/mol. The number of nitrogens with one attached hydrogen (secondary N) is 1. The summed E-state index contributed by atoms with van der Waals surface area (Å²) < 4.78 is 11.4. The fraction of sp³-hybridized carbons (Fsp3) is 0.600. The molecular formula is C15H25BrN2O2. The van der Waals surface area contributed by atoms with Crippen LogP contribution in [-0.4, -0.2) is 47.1 Å². The Morgan fingerprint density at radius 3 is 2.60 bits per heavy atom. The largest absolute Gasteiger partial charge is 0.383 e. The van der Waals surface area contributed by atoms with Crippen LogP contribution < -0.4 is 10.2 Å². The third kappa shape index (κ3) is 5.79. The van der Waals surface area contributed by atoms with E-state index in [1.807, 2.05) is 0 Å². The zero-order valence-corrected chi connectivity index (χ0v) is 14.2. The maximum Gasteiger partial charge on any atom is 0.0637 e. The van der Waals surface area contributed by atoms with E-state index >= 15 is 0 Å². The van der Waals surface area contributed by atoms with Gasteiger partial charge >= 0.3 is 0 Å². The van der Waals surface area contributed by atoms with E-state index < -0.39 is 0 Å². The first-order valence-electron chi connectivity index (χ1n) is 6.94. The van der Waals surface area contributed by atoms with Gasteiger partial charge in [-0.15, -0.1) is 0 Å². The summed E-state index contributed by atoms with van der Waals surface area (Å²) >= 11 is 3.55. The van der Waals surface area contributed by atoms with Crippen LogP contribution in [0, 0.1) is 0 Å². The predicted molar refractivity (Wildman–Crippen MR) is 87.5 cm³/mol. The molecule has 0 saturated heterocycles. The lowest BCUT2D eigenvalue weighted by atomic mass is 10.1. The summed E-state index contributed by atoms with van der Waals surface area (Å²) in [6.07, 6.45) is 0. The van der Waals surface area contributed by atoms with Crippen LogP contribution in [0.3, 0.4) is 0 Å². The number of benzene rings is 1. The number of methoxy groups -OCH3 is 2. The van der Waals surface area contributed by atoms with Gasteiger partial charge in [-0.3, -0.25) is 0 Å². The fourth-order valence-electron chi connectivity index (χ4n) is 2.05. The first-order chi connectivity index (χ1) is 9.72. The van der Waals surface area contributed by atoms with E-state index in [-0.39, 0.29) is 0 Å². The molecule has 4 nitrogen and oxygen atoms in total. The number of halogens is 1. The van der Waals surface area contributed by atoms with Gasteiger partial charge in [0.25, 0.3) is 0 Å². The van der Waals surface area contributed by atoms with Crippen molar-refractivity contribution in [1.82, 2.24) is 5.32 Å². The minimum absolute atomic E-state index is 0.727. The van der Waals surface area contributed by atoms with Crippen molar-refractivity contribution in [3.05, 3.63) is 28.2 Å². The molecule has 1 aromatic carbocycles. The van der Waals surface area contributed by atoms with Gasteiger partial charge in [0.05, 0.1) is 13.2 Å². The quantitative estimate of drug-likeness (QED) is 0.661. The van der Waals surface area contributed by atoms with Gasteiger partial charge in [-0.25, -0.2) is 0 Å². The Kier molecular flexibility index (Phi) is 8.85. The van der Waals surface area contributed by atoms with Crippen molar-refractivity contribution in [1.29, 1.82) is 0 Å². The second-order valence-corrected chi connectivity index (χ2v) is 5.43. The van der Waals surface area contributed by atoms with Crippen molar-refractivity contribution >= 4 is 21.6 Å². The lowest BCUT2D eigenvalue weighted by Crippen LogP contribution is -2.29. The number of nitrogens with zero attached hydrogens (tertiary/aromatic N) is 1. The lowest BCUT2D eigenvalue weighted by Gasteiger charge is -2.26. The van der Waals surface area contributed by atoms with E-state index in [0.29, 0.717) is 0 Å². The van der Waals surface area contributed by atoms with Gasteiger partial charge in [-0.05, 0) is 30.7 Å². The van der Waals surface area contributed by atoms with Gasteiger partial charge in [0.15, 0.2) is 0 Å². The Bertz CT molecular complexity index is 388. The molecule has 114 valence electrons. The van der Waals surface area contributed by atoms with Crippen LogP contribution in [0.4, 0.5) is 5.69 Å². The Hall–Kier alpha value is -0.620. The molecule has 0 bridgehead atoms. The Balaban J connectivity index is 2.76. The summed E-state index contributed by atoms with van der Waals surface area (Å²) in [7, 11) is 3.46. The SMILES string of the molecule is CCN(CCOC)c1ccc(Br)cc1CNCCOC. The van der Waals surface area contributed by atoms with E-state index in [4.69, 9.17) is 9.47 Å². The van der Waals surface area contributed by atoms with Crippen molar-refractivity contribution in [2.24, 2.45) is 0 Å². The van der Waals surface area contributed by atoms with Gasteiger partial charge in [-0.1, -0.05) is 15.9 Å². The highest BCUT2D eigenvalue weighted by Gasteiger charge is 2.10. The highest BCUT2D eigenvalue weighted by molar-refractivity contribution is 9.10. The maximum absolute atomic E-state index is 5.19. The summed E-state index contributed by atoms with van der Waals surface area (Å²) in [5.41, 5.74) is 2.55. The van der Waals surface area contributed by atoms with E-state index in [1.54, 1.807) is 14.2 Å². The van der Waals surface area contributed by atoms with Gasteiger partial charge < -0.3 is 19.7 Å². The second kappa shape index (κ2) is 10.2. The number of anilines is 1. The van der Waals surface area contributed by atoms with Crippen molar-refractivity contribution in [2.45, 2.75) is 13.5 Å². The van der Waals surface area contributed by atoms with E-state index in [1.165, 1.54) is 11.3 Å². The zero-order chi connectivity index (χ0) is 14.8. The van der Waals surface area contributed by atoms with Gasteiger partial charge in [0.1, 0.15) is 0 Å². The van der Waals surface area contributed by atoms with Crippen LogP contribution in [-0.2, 0) is 16.0 Å². The Morgan fingerprint density at radius 1 is 1.20 bits per heavy atom. The lowest BCUT2D eigenvalue weighted by molar-refractivity contribution is 0.199. The second-order valence-electron chi connectivity index (χ2n) is 4.52. The summed E-state index contributed by atoms with van der Waals surface area (Å²) in [4.78, 5) is 2.34. The molecule has 0 radical (unpaired) electrons. The third-order valence-electron chi connectivity index (χ3n) is 3.13. The molecule has 0 saturated carbocycles. The minimum Gasteiger partial charge on any atom is -0.383 e. The smallest absolute Gasteiger partial charge is 0.0637 e. The molecule has 0 aliphatic heterocycles. The molecule has 0 unspecified atom stereocenters. The molecule has 0 amide bonds. The Labute approximate surface area is 130 Å². The predicted octanol–water partition coefficient (Wildman–Crippen LogP) is 2.66. The molecule has 20 heavy (non-hydrogen) atoms. The topological polar surface area (TPSA) is 33.7 Å². The average Bonchev–Trinajstić information content (AvgIpc) is 2.46.